The molecule has 0 atom stereocenters. The van der Waals surface area contributed by atoms with Crippen LogP contribution < -0.4 is 5.43 Å². The van der Waals surface area contributed by atoms with Gasteiger partial charge in [0.1, 0.15) is 11.5 Å². The predicted molar refractivity (Wildman–Crippen MR) is 116 cm³/mol. The molecule has 0 bridgehead atoms. The molecule has 1 amide bonds. The molecule has 152 valence electrons. The molecule has 0 radical (unpaired) electrons. The number of halogens is 1. The Morgan fingerprint density at radius 2 is 1.97 bits per heavy atom. The van der Waals surface area contributed by atoms with Gasteiger partial charge in [0.05, 0.1) is 28.7 Å². The first-order chi connectivity index (χ1) is 14.3. The van der Waals surface area contributed by atoms with Crippen molar-refractivity contribution in [3.8, 4) is 11.4 Å². The molecular weight excluding hydrogens is 448 g/mol. The maximum Gasteiger partial charge on any atom is 0.275 e. The number of para-hydroxylation sites is 1. The molecule has 2 N–H and O–H groups in total. The minimum atomic E-state index is -0.622. The zero-order valence-corrected chi connectivity index (χ0v) is 18.0. The van der Waals surface area contributed by atoms with E-state index in [2.05, 4.69) is 31.6 Å². The normalized spacial score (nSPS) is 16.4. The van der Waals surface area contributed by atoms with Gasteiger partial charge < -0.3 is 5.11 Å². The van der Waals surface area contributed by atoms with Gasteiger partial charge >= 0.3 is 0 Å². The lowest BCUT2D eigenvalue weighted by atomic mass is 9.74. The number of nitrogens with zero attached hydrogens (tertiary/aromatic N) is 3. The van der Waals surface area contributed by atoms with Crippen molar-refractivity contribution < 1.29 is 14.7 Å². The number of aromatic nitrogens is 2. The Bertz CT molecular complexity index is 1180. The highest BCUT2D eigenvalue weighted by molar-refractivity contribution is 9.10. The third-order valence-electron chi connectivity index (χ3n) is 5.05. The molecule has 0 saturated heterocycles. The van der Waals surface area contributed by atoms with E-state index in [1.165, 1.54) is 18.3 Å². The molecule has 0 aliphatic heterocycles. The Balaban J connectivity index is 1.66. The molecule has 0 fully saturated rings. The molecule has 1 aliphatic rings. The molecule has 30 heavy (non-hydrogen) atoms. The second-order valence-corrected chi connectivity index (χ2v) is 8.62. The number of hydrogen-bond donors (Lipinski definition) is 2. The average molecular weight is 467 g/mol. The van der Waals surface area contributed by atoms with Gasteiger partial charge in [0.25, 0.3) is 5.91 Å². The van der Waals surface area contributed by atoms with Crippen molar-refractivity contribution in [1.29, 1.82) is 0 Å². The summed E-state index contributed by atoms with van der Waals surface area (Å²) >= 11 is 3.27. The summed E-state index contributed by atoms with van der Waals surface area (Å²) in [5.41, 5.74) is 4.25. The second-order valence-electron chi connectivity index (χ2n) is 7.70. The van der Waals surface area contributed by atoms with Crippen molar-refractivity contribution in [3.05, 3.63) is 76.0 Å². The number of amides is 1. The summed E-state index contributed by atoms with van der Waals surface area (Å²) in [6, 6.07) is 14.1. The minimum absolute atomic E-state index is 0.0624. The number of aromatic hydroxyl groups is 1. The van der Waals surface area contributed by atoms with Gasteiger partial charge in [-0.1, -0.05) is 48.0 Å². The first-order valence-electron chi connectivity index (χ1n) is 9.32. The molecule has 0 unspecified atom stereocenters. The van der Waals surface area contributed by atoms with Crippen LogP contribution in [0.4, 0.5) is 0 Å². The first-order valence-corrected chi connectivity index (χ1v) is 10.1. The molecule has 1 aliphatic carbocycles. The van der Waals surface area contributed by atoms with Crippen LogP contribution in [0.25, 0.3) is 5.69 Å². The highest BCUT2D eigenvalue weighted by atomic mass is 79.9. The first kappa shape index (κ1) is 20.0. The molecule has 1 aromatic heterocycles. The fourth-order valence-electron chi connectivity index (χ4n) is 3.52. The summed E-state index contributed by atoms with van der Waals surface area (Å²) in [4.78, 5) is 25.6. The Morgan fingerprint density at radius 3 is 2.70 bits per heavy atom. The van der Waals surface area contributed by atoms with Crippen molar-refractivity contribution >= 4 is 33.3 Å². The van der Waals surface area contributed by atoms with Gasteiger partial charge in [-0.3, -0.25) is 9.59 Å². The van der Waals surface area contributed by atoms with Gasteiger partial charge in [-0.05, 0) is 30.3 Å². The van der Waals surface area contributed by atoms with E-state index in [1.807, 2.05) is 44.2 Å². The maximum absolute atomic E-state index is 13.2. The molecule has 0 spiro atoms. The number of fused-ring (bicyclic) bond motifs is 1. The SMILES string of the molecule is CC1(C)Cc2c(cnn2-c2ccccc2)C(=O)/C1=N/NC(=O)c1cc(Br)ccc1O. The van der Waals surface area contributed by atoms with Crippen LogP contribution in [-0.2, 0) is 6.42 Å². The Labute approximate surface area is 181 Å². The van der Waals surface area contributed by atoms with E-state index in [-0.39, 0.29) is 22.8 Å². The number of nitrogens with one attached hydrogen (secondary N) is 1. The summed E-state index contributed by atoms with van der Waals surface area (Å²) in [6.45, 7) is 3.80. The summed E-state index contributed by atoms with van der Waals surface area (Å²) in [5.74, 6) is -1.05. The number of phenolic OH excluding ortho intramolecular Hbond substituents is 1. The largest absolute Gasteiger partial charge is 0.507 e. The number of carbonyl (C=O) groups is 2. The van der Waals surface area contributed by atoms with Crippen LogP contribution in [-0.4, -0.2) is 32.3 Å². The van der Waals surface area contributed by atoms with E-state index in [0.29, 0.717) is 16.5 Å². The third-order valence-corrected chi connectivity index (χ3v) is 5.55. The Hall–Kier alpha value is -3.26. The quantitative estimate of drug-likeness (QED) is 0.572. The maximum atomic E-state index is 13.2. The number of ketones is 1. The molecule has 8 heteroatoms. The van der Waals surface area contributed by atoms with E-state index in [9.17, 15) is 14.7 Å². The standard InChI is InChI=1S/C22H19BrN4O3/c1-22(2)11-17-16(12-24-27(17)14-6-4-3-5-7-14)19(29)20(22)25-26-21(30)15-10-13(23)8-9-18(15)28/h3-10,12,28H,11H2,1-2H3,(H,26,30)/b25-20-. The molecular formula is C22H19BrN4O3. The number of phenols is 1. The van der Waals surface area contributed by atoms with Crippen molar-refractivity contribution in [2.45, 2.75) is 20.3 Å². The number of hydrazone groups is 1. The molecule has 3 aromatic rings. The minimum Gasteiger partial charge on any atom is -0.507 e. The van der Waals surface area contributed by atoms with Gasteiger partial charge in [0.2, 0.25) is 5.78 Å². The Kier molecular flexibility index (Phi) is 5.03. The summed E-state index contributed by atoms with van der Waals surface area (Å²) in [5, 5.41) is 18.5. The van der Waals surface area contributed by atoms with Gasteiger partial charge in [-0.2, -0.15) is 10.2 Å². The lowest BCUT2D eigenvalue weighted by Crippen LogP contribution is -2.40. The fraction of sp³-hybridized carbons (Fsp3) is 0.182. The monoisotopic (exact) mass is 466 g/mol. The fourth-order valence-corrected chi connectivity index (χ4v) is 3.88. The zero-order valence-electron chi connectivity index (χ0n) is 16.4. The third kappa shape index (κ3) is 3.54. The van der Waals surface area contributed by atoms with E-state index in [1.54, 1.807) is 10.7 Å². The average Bonchev–Trinajstić information content (AvgIpc) is 3.13. The van der Waals surface area contributed by atoms with Gasteiger partial charge in [-0.15, -0.1) is 0 Å². The molecule has 1 heterocycles. The van der Waals surface area contributed by atoms with Crippen LogP contribution in [0.3, 0.4) is 0 Å². The van der Waals surface area contributed by atoms with Gasteiger partial charge in [0.15, 0.2) is 0 Å². The van der Waals surface area contributed by atoms with E-state index in [4.69, 9.17) is 0 Å². The van der Waals surface area contributed by atoms with E-state index in [0.717, 1.165) is 11.4 Å². The summed E-state index contributed by atoms with van der Waals surface area (Å²) in [6.07, 6.45) is 2.07. The van der Waals surface area contributed by atoms with Crippen molar-refractivity contribution in [2.24, 2.45) is 10.5 Å². The lowest BCUT2D eigenvalue weighted by molar-refractivity contribution is 0.0951. The summed E-state index contributed by atoms with van der Waals surface area (Å²) < 4.78 is 2.41. The number of carbonyl (C=O) groups excluding carboxylic acids is 2. The van der Waals surface area contributed by atoms with Crippen molar-refractivity contribution in [3.63, 3.8) is 0 Å². The number of rotatable bonds is 3. The zero-order chi connectivity index (χ0) is 21.5. The smallest absolute Gasteiger partial charge is 0.275 e. The van der Waals surface area contributed by atoms with E-state index < -0.39 is 11.3 Å². The highest BCUT2D eigenvalue weighted by Gasteiger charge is 2.40. The lowest BCUT2D eigenvalue weighted by Gasteiger charge is -2.30. The van der Waals surface area contributed by atoms with Gasteiger partial charge in [-0.25, -0.2) is 10.1 Å². The second kappa shape index (κ2) is 7.53. The number of Topliss-reactive ketones (excluding diaryl/α,β-unsaturated/α-hetero) is 1. The van der Waals surface area contributed by atoms with Crippen LogP contribution in [0.15, 0.2) is 64.3 Å². The van der Waals surface area contributed by atoms with E-state index >= 15 is 0 Å². The molecule has 0 saturated carbocycles. The van der Waals surface area contributed by atoms with Crippen LogP contribution in [0.2, 0.25) is 0 Å². The predicted octanol–water partition coefficient (Wildman–Crippen LogP) is 3.89. The van der Waals surface area contributed by atoms with Crippen LogP contribution in [0.1, 0.15) is 40.3 Å². The number of benzene rings is 2. The van der Waals surface area contributed by atoms with Crippen molar-refractivity contribution in [1.82, 2.24) is 15.2 Å². The molecule has 7 nitrogen and oxygen atoms in total. The summed E-state index contributed by atoms with van der Waals surface area (Å²) in [7, 11) is 0. The van der Waals surface area contributed by atoms with Crippen LogP contribution in [0.5, 0.6) is 5.75 Å². The van der Waals surface area contributed by atoms with Crippen LogP contribution >= 0.6 is 15.9 Å². The Morgan fingerprint density at radius 1 is 1.23 bits per heavy atom. The molecule has 4 rings (SSSR count). The van der Waals surface area contributed by atoms with Crippen LogP contribution in [0, 0.1) is 5.41 Å². The number of hydrogen-bond acceptors (Lipinski definition) is 5. The molecule has 2 aromatic carbocycles. The highest BCUT2D eigenvalue weighted by Crippen LogP contribution is 2.34. The topological polar surface area (TPSA) is 96.6 Å². The van der Waals surface area contributed by atoms with Crippen molar-refractivity contribution in [2.75, 3.05) is 0 Å². The van der Waals surface area contributed by atoms with Gasteiger partial charge in [0, 0.05) is 16.3 Å².